The molecule has 0 aromatic heterocycles. The summed E-state index contributed by atoms with van der Waals surface area (Å²) >= 11 is 0. The van der Waals surface area contributed by atoms with Gasteiger partial charge >= 0.3 is 5.97 Å². The summed E-state index contributed by atoms with van der Waals surface area (Å²) in [7, 11) is 0. The molecule has 6 nitrogen and oxygen atoms in total. The molecule has 7 heteroatoms. The van der Waals surface area contributed by atoms with E-state index in [0.717, 1.165) is 25.0 Å². The molecule has 1 saturated heterocycles. The summed E-state index contributed by atoms with van der Waals surface area (Å²) in [6.07, 6.45) is 1.83. The number of nitrogens with zero attached hydrogens (tertiary/aromatic N) is 1. The molecule has 5 atom stereocenters. The fraction of sp³-hybridized carbons (Fsp3) is 0.267. The van der Waals surface area contributed by atoms with Gasteiger partial charge in [0.25, 0.3) is 0 Å². The number of anilines is 1. The third-order valence-electron chi connectivity index (χ3n) is 8.11. The summed E-state index contributed by atoms with van der Waals surface area (Å²) in [5.41, 5.74) is 2.09. The molecule has 3 fully saturated rings. The maximum absolute atomic E-state index is 13.5. The predicted octanol–water partition coefficient (Wildman–Crippen LogP) is 4.79. The Kier molecular flexibility index (Phi) is 5.71. The van der Waals surface area contributed by atoms with Crippen molar-refractivity contribution in [2.75, 3.05) is 11.5 Å². The van der Waals surface area contributed by atoms with Crippen molar-refractivity contribution in [3.8, 4) is 0 Å². The number of benzene rings is 3. The monoisotopic (exact) mass is 497 g/mol. The molecule has 186 valence electrons. The molecule has 1 heterocycles. The van der Waals surface area contributed by atoms with Crippen LogP contribution in [0.5, 0.6) is 0 Å². The Bertz CT molecular complexity index is 1390. The van der Waals surface area contributed by atoms with Crippen LogP contribution < -0.4 is 4.90 Å². The van der Waals surface area contributed by atoms with Gasteiger partial charge in [-0.15, -0.1) is 0 Å². The lowest BCUT2D eigenvalue weighted by atomic mass is 9.73. The first kappa shape index (κ1) is 23.3. The van der Waals surface area contributed by atoms with Gasteiger partial charge in [-0.05, 0) is 84.7 Å². The van der Waals surface area contributed by atoms with Crippen LogP contribution in [-0.2, 0) is 14.3 Å². The quantitative estimate of drug-likeness (QED) is 0.278. The Morgan fingerprint density at radius 3 is 2.16 bits per heavy atom. The molecule has 3 aromatic carbocycles. The lowest BCUT2D eigenvalue weighted by molar-refractivity contribution is -0.123. The number of fused-ring (bicyclic) bond motifs is 5. The normalized spacial score (nSPS) is 25.9. The van der Waals surface area contributed by atoms with Gasteiger partial charge in [0.1, 0.15) is 5.82 Å². The second kappa shape index (κ2) is 9.07. The Hall–Kier alpha value is -4.13. The third kappa shape index (κ3) is 3.95. The van der Waals surface area contributed by atoms with Gasteiger partial charge in [-0.2, -0.15) is 0 Å². The van der Waals surface area contributed by atoms with Gasteiger partial charge in [0, 0.05) is 5.56 Å². The average Bonchev–Trinajstić information content (AvgIpc) is 3.59. The maximum Gasteiger partial charge on any atom is 0.338 e. The van der Waals surface area contributed by atoms with Crippen molar-refractivity contribution >= 4 is 29.3 Å². The number of hydrogen-bond donors (Lipinski definition) is 0. The van der Waals surface area contributed by atoms with Crippen LogP contribution in [-0.4, -0.2) is 30.2 Å². The summed E-state index contributed by atoms with van der Waals surface area (Å²) < 4.78 is 18.1. The Balaban J connectivity index is 1.13. The minimum absolute atomic E-state index is 0.158. The number of Topliss-reactive ketones (excluding diaryl/α,β-unsaturated/α-hetero) is 1. The molecule has 2 aliphatic carbocycles. The van der Waals surface area contributed by atoms with E-state index < -0.39 is 24.2 Å². The van der Waals surface area contributed by atoms with Crippen molar-refractivity contribution in [3.05, 3.63) is 101 Å². The summed E-state index contributed by atoms with van der Waals surface area (Å²) in [6, 6.07) is 21.3. The lowest BCUT2D eigenvalue weighted by Crippen LogP contribution is -2.33. The van der Waals surface area contributed by atoms with Crippen LogP contribution in [0.3, 0.4) is 0 Å². The van der Waals surface area contributed by atoms with Gasteiger partial charge in [0.15, 0.2) is 12.4 Å². The molecule has 3 aliphatic rings. The van der Waals surface area contributed by atoms with E-state index in [0.29, 0.717) is 11.6 Å². The minimum Gasteiger partial charge on any atom is -0.454 e. The minimum atomic E-state index is -0.707. The molecule has 0 N–H and O–H groups in total. The number of carbonyl (C=O) groups excluding carboxylic acids is 4. The average molecular weight is 498 g/mol. The fourth-order valence-electron chi connectivity index (χ4n) is 6.48. The number of esters is 1. The number of rotatable bonds is 6. The molecule has 0 radical (unpaired) electrons. The van der Waals surface area contributed by atoms with Crippen LogP contribution in [0.2, 0.25) is 0 Å². The number of carbonyl (C=O) groups is 4. The first-order chi connectivity index (χ1) is 17.9. The highest BCUT2D eigenvalue weighted by atomic mass is 19.1. The van der Waals surface area contributed by atoms with Crippen molar-refractivity contribution in [1.82, 2.24) is 0 Å². The molecule has 2 bridgehead atoms. The van der Waals surface area contributed by atoms with Gasteiger partial charge in [-0.25, -0.2) is 9.18 Å². The van der Waals surface area contributed by atoms with E-state index >= 15 is 0 Å². The van der Waals surface area contributed by atoms with E-state index in [1.807, 2.05) is 18.2 Å². The number of halogens is 1. The van der Waals surface area contributed by atoms with Crippen LogP contribution >= 0.6 is 0 Å². The predicted molar refractivity (Wildman–Crippen MR) is 132 cm³/mol. The summed E-state index contributed by atoms with van der Waals surface area (Å²) in [5, 5.41) is 0. The number of hydrogen-bond acceptors (Lipinski definition) is 5. The molecule has 2 amide bonds. The van der Waals surface area contributed by atoms with E-state index in [1.54, 1.807) is 12.1 Å². The Morgan fingerprint density at radius 1 is 0.811 bits per heavy atom. The van der Waals surface area contributed by atoms with E-state index in [9.17, 15) is 23.6 Å². The maximum atomic E-state index is 13.5. The zero-order valence-electron chi connectivity index (χ0n) is 19.9. The number of imide groups is 1. The number of ketones is 1. The summed E-state index contributed by atoms with van der Waals surface area (Å²) in [6.45, 7) is -0.482. The molecule has 0 unspecified atom stereocenters. The Morgan fingerprint density at radius 2 is 1.46 bits per heavy atom. The fourth-order valence-corrected chi connectivity index (χ4v) is 6.48. The van der Waals surface area contributed by atoms with Crippen molar-refractivity contribution in [2.45, 2.75) is 18.8 Å². The van der Waals surface area contributed by atoms with Gasteiger partial charge in [-0.1, -0.05) is 30.3 Å². The highest BCUT2D eigenvalue weighted by Crippen LogP contribution is 2.61. The molecule has 1 aliphatic heterocycles. The molecular formula is C30H24FNO5. The van der Waals surface area contributed by atoms with Crippen LogP contribution in [0.25, 0.3) is 0 Å². The number of amides is 2. The zero-order chi connectivity index (χ0) is 25.7. The molecule has 0 spiro atoms. The van der Waals surface area contributed by atoms with Gasteiger partial charge in [0.2, 0.25) is 11.8 Å². The smallest absolute Gasteiger partial charge is 0.338 e. The highest BCUT2D eigenvalue weighted by molar-refractivity contribution is 6.22. The van der Waals surface area contributed by atoms with E-state index in [-0.39, 0.29) is 46.6 Å². The molecule has 2 saturated carbocycles. The van der Waals surface area contributed by atoms with Crippen molar-refractivity contribution < 1.29 is 28.3 Å². The summed E-state index contributed by atoms with van der Waals surface area (Å²) in [5.74, 6) is -1.87. The zero-order valence-corrected chi connectivity index (χ0v) is 19.9. The topological polar surface area (TPSA) is 80.8 Å². The molecule has 6 rings (SSSR count). The van der Waals surface area contributed by atoms with E-state index in [2.05, 4.69) is 12.1 Å². The van der Waals surface area contributed by atoms with Crippen LogP contribution in [0, 0.1) is 29.5 Å². The van der Waals surface area contributed by atoms with Crippen LogP contribution in [0.15, 0.2) is 78.9 Å². The van der Waals surface area contributed by atoms with Gasteiger partial charge < -0.3 is 4.74 Å². The van der Waals surface area contributed by atoms with Crippen molar-refractivity contribution in [1.29, 1.82) is 0 Å². The molecule has 37 heavy (non-hydrogen) atoms. The van der Waals surface area contributed by atoms with Gasteiger partial charge in [0.05, 0.1) is 23.1 Å². The first-order valence-electron chi connectivity index (χ1n) is 12.4. The second-order valence-corrected chi connectivity index (χ2v) is 10.0. The van der Waals surface area contributed by atoms with Crippen molar-refractivity contribution in [2.24, 2.45) is 23.7 Å². The first-order valence-corrected chi connectivity index (χ1v) is 12.4. The Labute approximate surface area is 213 Å². The largest absolute Gasteiger partial charge is 0.454 e. The van der Waals surface area contributed by atoms with Gasteiger partial charge in [-0.3, -0.25) is 19.3 Å². The summed E-state index contributed by atoms with van der Waals surface area (Å²) in [4.78, 5) is 52.7. The third-order valence-corrected chi connectivity index (χ3v) is 8.11. The van der Waals surface area contributed by atoms with Crippen LogP contribution in [0.4, 0.5) is 10.1 Å². The number of ether oxygens (including phenoxy) is 1. The molecular weight excluding hydrogens is 473 g/mol. The molecule has 3 aromatic rings. The SMILES string of the molecule is O=C(COC(=O)c1ccc(N2C(=O)[C@@H]3[C@@H]4C[C@@H]([C@H]3C2=O)[C@H](c2ccccc2)C4)cc1)c1ccc(F)cc1. The lowest BCUT2D eigenvalue weighted by Gasteiger charge is -2.28. The highest BCUT2D eigenvalue weighted by Gasteiger charge is 2.64. The van der Waals surface area contributed by atoms with Crippen LogP contribution in [0.1, 0.15) is 45.0 Å². The second-order valence-electron chi connectivity index (χ2n) is 10.0. The standard InChI is InChI=1S/C30H24FNO5/c31-21-10-6-18(7-11-21)25(33)16-37-30(36)19-8-12-22(13-9-19)32-28(34)26-20-14-23(17-4-2-1-3-5-17)24(15-20)27(26)29(32)35/h1-13,20,23-24,26-27H,14-16H2/t20-,23-,24+,26+,27+/m0/s1. The van der Waals surface area contributed by atoms with E-state index in [4.69, 9.17) is 4.74 Å². The van der Waals surface area contributed by atoms with E-state index in [1.165, 1.54) is 34.7 Å². The van der Waals surface area contributed by atoms with Crippen molar-refractivity contribution in [3.63, 3.8) is 0 Å².